The summed E-state index contributed by atoms with van der Waals surface area (Å²) in [4.78, 5) is 6.87. The Morgan fingerprint density at radius 3 is 3.05 bits per heavy atom. The summed E-state index contributed by atoms with van der Waals surface area (Å²) in [6.07, 6.45) is 8.96. The lowest BCUT2D eigenvalue weighted by Gasteiger charge is -2.09. The van der Waals surface area contributed by atoms with Gasteiger partial charge in [-0.05, 0) is 43.7 Å². The van der Waals surface area contributed by atoms with Gasteiger partial charge in [0.2, 0.25) is 0 Å². The molecule has 2 aromatic rings. The molecule has 4 nitrogen and oxygen atoms in total. The van der Waals surface area contributed by atoms with Crippen molar-refractivity contribution in [3.8, 4) is 0 Å². The van der Waals surface area contributed by atoms with E-state index in [1.165, 1.54) is 42.5 Å². The maximum atomic E-state index is 10.5. The van der Waals surface area contributed by atoms with Crippen LogP contribution in [0.1, 0.15) is 59.9 Å². The van der Waals surface area contributed by atoms with Gasteiger partial charge in [0.05, 0.1) is 6.10 Å². The third kappa shape index (κ3) is 3.35. The predicted molar refractivity (Wildman–Crippen MR) is 84.6 cm³/mol. The van der Waals surface area contributed by atoms with Crippen molar-refractivity contribution in [2.45, 2.75) is 64.5 Å². The van der Waals surface area contributed by atoms with Crippen LogP contribution in [0.15, 0.2) is 12.4 Å². The van der Waals surface area contributed by atoms with Gasteiger partial charge in [-0.2, -0.15) is 5.10 Å². The number of rotatable bonds is 5. The van der Waals surface area contributed by atoms with E-state index in [4.69, 9.17) is 0 Å². The molecular weight excluding hydrogens is 282 g/mol. The first-order chi connectivity index (χ1) is 10.3. The zero-order valence-electron chi connectivity index (χ0n) is 12.6. The Hall–Kier alpha value is -1.20. The van der Waals surface area contributed by atoms with Crippen LogP contribution < -0.4 is 0 Å². The molecule has 0 bridgehead atoms. The van der Waals surface area contributed by atoms with Crippen molar-refractivity contribution in [3.63, 3.8) is 0 Å². The van der Waals surface area contributed by atoms with E-state index in [1.807, 2.05) is 4.68 Å². The average Bonchev–Trinajstić information content (AvgIpc) is 3.02. The van der Waals surface area contributed by atoms with E-state index in [-0.39, 0.29) is 0 Å². The smallest absolute Gasteiger partial charge is 0.138 e. The molecule has 0 aromatic carbocycles. The Balaban J connectivity index is 1.73. The van der Waals surface area contributed by atoms with Crippen LogP contribution in [0.25, 0.3) is 0 Å². The lowest BCUT2D eigenvalue weighted by Crippen LogP contribution is -2.09. The Kier molecular flexibility index (Phi) is 4.70. The second-order valence-electron chi connectivity index (χ2n) is 5.78. The van der Waals surface area contributed by atoms with Crippen molar-refractivity contribution in [2.75, 3.05) is 0 Å². The number of fused-ring (bicyclic) bond motifs is 1. The molecule has 0 saturated heterocycles. The average molecular weight is 305 g/mol. The van der Waals surface area contributed by atoms with Crippen LogP contribution in [0, 0.1) is 0 Å². The minimum absolute atomic E-state index is 0.457. The van der Waals surface area contributed by atoms with E-state index in [2.05, 4.69) is 23.1 Å². The Morgan fingerprint density at radius 2 is 2.19 bits per heavy atom. The molecule has 2 heterocycles. The van der Waals surface area contributed by atoms with Gasteiger partial charge in [-0.15, -0.1) is 11.3 Å². The maximum Gasteiger partial charge on any atom is 0.138 e. The Morgan fingerprint density at radius 1 is 1.33 bits per heavy atom. The second-order valence-corrected chi connectivity index (χ2v) is 6.95. The molecular formula is C16H23N3OS. The van der Waals surface area contributed by atoms with E-state index in [0.717, 1.165) is 23.7 Å². The number of thiophene rings is 1. The number of aromatic nitrogens is 3. The van der Waals surface area contributed by atoms with Gasteiger partial charge in [0.15, 0.2) is 0 Å². The number of aliphatic hydroxyl groups excluding tert-OH is 1. The lowest BCUT2D eigenvalue weighted by atomic mass is 10.1. The largest absolute Gasteiger partial charge is 0.387 e. The number of hydrogen-bond acceptors (Lipinski definition) is 4. The van der Waals surface area contributed by atoms with Crippen molar-refractivity contribution in [3.05, 3.63) is 33.5 Å². The number of aliphatic hydroxyl groups is 1. The van der Waals surface area contributed by atoms with Gasteiger partial charge in [0.1, 0.15) is 12.2 Å². The molecule has 0 spiro atoms. The second kappa shape index (κ2) is 6.71. The van der Waals surface area contributed by atoms with Gasteiger partial charge >= 0.3 is 0 Å². The molecule has 0 saturated carbocycles. The summed E-state index contributed by atoms with van der Waals surface area (Å²) < 4.78 is 1.90. The summed E-state index contributed by atoms with van der Waals surface area (Å²) in [6.45, 7) is 2.99. The fourth-order valence-corrected chi connectivity index (χ4v) is 4.22. The lowest BCUT2D eigenvalue weighted by molar-refractivity contribution is 0.177. The van der Waals surface area contributed by atoms with Gasteiger partial charge in [-0.3, -0.25) is 4.68 Å². The fraction of sp³-hybridized carbons (Fsp3) is 0.625. The predicted octanol–water partition coefficient (Wildman–Crippen LogP) is 3.29. The summed E-state index contributed by atoms with van der Waals surface area (Å²) >= 11 is 1.79. The first-order valence-electron chi connectivity index (χ1n) is 7.94. The summed E-state index contributed by atoms with van der Waals surface area (Å²) in [5.41, 5.74) is 1.46. The highest BCUT2D eigenvalue weighted by Gasteiger charge is 2.19. The number of hydrogen-bond donors (Lipinski definition) is 1. The molecule has 0 amide bonds. The number of nitrogens with zero attached hydrogens (tertiary/aromatic N) is 3. The van der Waals surface area contributed by atoms with E-state index in [9.17, 15) is 5.11 Å². The summed E-state index contributed by atoms with van der Waals surface area (Å²) in [6, 6.07) is 2.22. The van der Waals surface area contributed by atoms with Gasteiger partial charge in [0, 0.05) is 22.7 Å². The van der Waals surface area contributed by atoms with Crippen LogP contribution in [0.4, 0.5) is 0 Å². The third-order valence-corrected chi connectivity index (χ3v) is 5.44. The Bertz CT molecular complexity index is 567. The molecule has 1 N–H and O–H groups in total. The topological polar surface area (TPSA) is 50.9 Å². The zero-order chi connectivity index (χ0) is 14.7. The first kappa shape index (κ1) is 14.7. The van der Waals surface area contributed by atoms with Crippen molar-refractivity contribution in [1.29, 1.82) is 0 Å². The van der Waals surface area contributed by atoms with Gasteiger partial charge in [-0.1, -0.05) is 13.3 Å². The van der Waals surface area contributed by atoms with Crippen LogP contribution >= 0.6 is 11.3 Å². The highest BCUT2D eigenvalue weighted by atomic mass is 32.1. The summed E-state index contributed by atoms with van der Waals surface area (Å²) in [5, 5.41) is 14.8. The van der Waals surface area contributed by atoms with Crippen molar-refractivity contribution in [2.24, 2.45) is 0 Å². The zero-order valence-corrected chi connectivity index (χ0v) is 13.4. The normalized spacial score (nSPS) is 16.5. The molecule has 21 heavy (non-hydrogen) atoms. The van der Waals surface area contributed by atoms with E-state index >= 15 is 0 Å². The van der Waals surface area contributed by atoms with Crippen LogP contribution in [0.3, 0.4) is 0 Å². The van der Waals surface area contributed by atoms with Gasteiger partial charge < -0.3 is 5.11 Å². The standard InChI is InChI=1S/C16H23N3OS/c1-2-8-19-16(17-11-18-19)10-13(20)15-9-12-6-4-3-5-7-14(12)21-15/h9,11,13,20H,2-8,10H2,1H3. The van der Waals surface area contributed by atoms with Crippen LogP contribution in [0.2, 0.25) is 0 Å². The maximum absolute atomic E-state index is 10.5. The molecule has 1 aliphatic rings. The minimum Gasteiger partial charge on any atom is -0.387 e. The van der Waals surface area contributed by atoms with Crippen LogP contribution in [-0.2, 0) is 25.8 Å². The minimum atomic E-state index is -0.457. The molecule has 0 radical (unpaired) electrons. The molecule has 1 unspecified atom stereocenters. The highest BCUT2D eigenvalue weighted by molar-refractivity contribution is 7.12. The van der Waals surface area contributed by atoms with Crippen molar-refractivity contribution < 1.29 is 5.11 Å². The summed E-state index contributed by atoms with van der Waals surface area (Å²) in [7, 11) is 0. The van der Waals surface area contributed by atoms with Gasteiger partial charge in [-0.25, -0.2) is 4.98 Å². The quantitative estimate of drug-likeness (QED) is 0.862. The molecule has 3 rings (SSSR count). The van der Waals surface area contributed by atoms with Crippen molar-refractivity contribution >= 4 is 11.3 Å². The van der Waals surface area contributed by atoms with E-state index < -0.39 is 6.10 Å². The van der Waals surface area contributed by atoms with Crippen LogP contribution in [0.5, 0.6) is 0 Å². The number of aryl methyl sites for hydroxylation is 3. The SMILES string of the molecule is CCCn1ncnc1CC(O)c1cc2c(s1)CCCCC2. The van der Waals surface area contributed by atoms with E-state index in [1.54, 1.807) is 17.7 Å². The Labute approximate surface area is 129 Å². The fourth-order valence-electron chi connectivity index (χ4n) is 2.97. The van der Waals surface area contributed by atoms with Gasteiger partial charge in [0.25, 0.3) is 0 Å². The monoisotopic (exact) mass is 305 g/mol. The third-order valence-electron chi connectivity index (χ3n) is 4.10. The van der Waals surface area contributed by atoms with Crippen molar-refractivity contribution in [1.82, 2.24) is 14.8 Å². The molecule has 5 heteroatoms. The van der Waals surface area contributed by atoms with Crippen LogP contribution in [-0.4, -0.2) is 19.9 Å². The molecule has 2 aromatic heterocycles. The van der Waals surface area contributed by atoms with E-state index in [0.29, 0.717) is 6.42 Å². The molecule has 0 aliphatic heterocycles. The first-order valence-corrected chi connectivity index (χ1v) is 8.75. The molecule has 1 atom stereocenters. The molecule has 0 fully saturated rings. The summed E-state index contributed by atoms with van der Waals surface area (Å²) in [5.74, 6) is 0.882. The highest BCUT2D eigenvalue weighted by Crippen LogP contribution is 2.33. The molecule has 114 valence electrons. The molecule has 1 aliphatic carbocycles.